The van der Waals surface area contributed by atoms with E-state index in [0.29, 0.717) is 18.1 Å². The highest BCUT2D eigenvalue weighted by Crippen LogP contribution is 2.55. The summed E-state index contributed by atoms with van der Waals surface area (Å²) in [7, 11) is 1.62. The van der Waals surface area contributed by atoms with Crippen LogP contribution in [0.1, 0.15) is 31.0 Å². The number of nitrogens with zero attached hydrogens (tertiary/aromatic N) is 4. The Bertz CT molecular complexity index is 1050. The number of ether oxygens (including phenoxy) is 2. The van der Waals surface area contributed by atoms with E-state index in [4.69, 9.17) is 14.5 Å². The number of benzene rings is 1. The molecule has 1 aromatic carbocycles. The first kappa shape index (κ1) is 19.5. The van der Waals surface area contributed by atoms with Gasteiger partial charge in [0.1, 0.15) is 17.3 Å². The number of nitrogens with one attached hydrogen (secondary N) is 1. The van der Waals surface area contributed by atoms with E-state index in [-0.39, 0.29) is 23.8 Å². The minimum Gasteiger partial charge on any atom is -0.497 e. The summed E-state index contributed by atoms with van der Waals surface area (Å²) in [6, 6.07) is 11.0. The number of hydrogen-bond acceptors (Lipinski definition) is 6. The van der Waals surface area contributed by atoms with Crippen molar-refractivity contribution in [1.29, 1.82) is 0 Å². The molecular formula is C23H25N5O3. The maximum Gasteiger partial charge on any atom is 0.260 e. The second kappa shape index (κ2) is 8.02. The maximum atomic E-state index is 12.9. The third-order valence-corrected chi connectivity index (χ3v) is 6.54. The molecule has 1 aliphatic carbocycles. The quantitative estimate of drug-likeness (QED) is 0.660. The number of rotatable bonds is 6. The Hall–Kier alpha value is -3.42. The molecule has 1 saturated heterocycles. The van der Waals surface area contributed by atoms with Crippen LogP contribution in [0.2, 0.25) is 0 Å². The molecule has 2 fully saturated rings. The fourth-order valence-electron chi connectivity index (χ4n) is 4.64. The summed E-state index contributed by atoms with van der Waals surface area (Å²) in [4.78, 5) is 23.6. The minimum atomic E-state index is -0.00142. The number of pyridine rings is 1. The van der Waals surface area contributed by atoms with Crippen LogP contribution < -0.4 is 9.47 Å². The van der Waals surface area contributed by atoms with Gasteiger partial charge in [0.2, 0.25) is 0 Å². The van der Waals surface area contributed by atoms with Crippen molar-refractivity contribution in [2.24, 2.45) is 5.41 Å². The molecule has 1 N–H and O–H groups in total. The lowest BCUT2D eigenvalue weighted by Gasteiger charge is -2.41. The number of carbonyl (C=O) groups is 1. The van der Waals surface area contributed by atoms with Gasteiger partial charge in [0, 0.05) is 37.0 Å². The highest BCUT2D eigenvalue weighted by molar-refractivity contribution is 5.78. The summed E-state index contributed by atoms with van der Waals surface area (Å²) < 4.78 is 10.9. The normalized spacial score (nSPS) is 19.3. The zero-order valence-corrected chi connectivity index (χ0v) is 17.5. The van der Waals surface area contributed by atoms with E-state index in [1.807, 2.05) is 41.3 Å². The van der Waals surface area contributed by atoms with Crippen molar-refractivity contribution in [2.45, 2.75) is 25.2 Å². The first-order chi connectivity index (χ1) is 15.2. The Morgan fingerprint density at radius 2 is 1.90 bits per heavy atom. The maximum absolute atomic E-state index is 12.9. The van der Waals surface area contributed by atoms with Crippen molar-refractivity contribution in [1.82, 2.24) is 25.1 Å². The molecular weight excluding hydrogens is 394 g/mol. The predicted molar refractivity (Wildman–Crippen MR) is 114 cm³/mol. The molecule has 3 heterocycles. The number of amides is 1. The summed E-state index contributed by atoms with van der Waals surface area (Å²) in [6.45, 7) is 1.40. The third-order valence-electron chi connectivity index (χ3n) is 6.54. The van der Waals surface area contributed by atoms with Crippen molar-refractivity contribution in [3.63, 3.8) is 0 Å². The highest BCUT2D eigenvalue weighted by Gasteiger charge is 2.53. The first-order valence-corrected chi connectivity index (χ1v) is 10.5. The molecule has 1 saturated carbocycles. The van der Waals surface area contributed by atoms with E-state index >= 15 is 0 Å². The van der Waals surface area contributed by atoms with Crippen molar-refractivity contribution in [2.75, 3.05) is 26.8 Å². The van der Waals surface area contributed by atoms with Gasteiger partial charge in [-0.05, 0) is 54.7 Å². The van der Waals surface area contributed by atoms with Crippen LogP contribution in [-0.4, -0.2) is 57.8 Å². The zero-order valence-electron chi connectivity index (χ0n) is 17.5. The van der Waals surface area contributed by atoms with Crippen molar-refractivity contribution < 1.29 is 14.3 Å². The molecule has 8 heteroatoms. The smallest absolute Gasteiger partial charge is 0.260 e. The van der Waals surface area contributed by atoms with Gasteiger partial charge in [-0.15, -0.1) is 0 Å². The molecule has 2 aromatic heterocycles. The van der Waals surface area contributed by atoms with Crippen LogP contribution in [0.4, 0.5) is 0 Å². The van der Waals surface area contributed by atoms with Crippen LogP contribution >= 0.6 is 0 Å². The fraction of sp³-hybridized carbons (Fsp3) is 0.391. The van der Waals surface area contributed by atoms with Gasteiger partial charge in [-0.1, -0.05) is 6.42 Å². The molecule has 31 heavy (non-hydrogen) atoms. The number of H-pyrrole nitrogens is 1. The van der Waals surface area contributed by atoms with Crippen molar-refractivity contribution in [3.8, 4) is 22.9 Å². The molecule has 2 aliphatic rings. The summed E-state index contributed by atoms with van der Waals surface area (Å²) in [5, 5.41) is 7.55. The standard InChI is InChI=1S/C23H25N5O3/c1-30-17-3-5-18(6-4-17)31-14-20(29)28-13-19(23(15-28)9-2-10-23)22-25-21(26-27-22)16-7-11-24-12-8-16/h3-8,11-12,19H,2,9-10,13-15H2,1H3,(H,25,26,27). The van der Waals surface area contributed by atoms with E-state index < -0.39 is 0 Å². The van der Waals surface area contributed by atoms with Gasteiger partial charge in [-0.3, -0.25) is 14.9 Å². The van der Waals surface area contributed by atoms with Crippen LogP contribution in [0.5, 0.6) is 11.5 Å². The molecule has 1 aliphatic heterocycles. The van der Waals surface area contributed by atoms with Crippen LogP contribution in [0, 0.1) is 5.41 Å². The number of aromatic nitrogens is 4. The minimum absolute atomic E-state index is 0.00142. The second-order valence-corrected chi connectivity index (χ2v) is 8.29. The van der Waals surface area contributed by atoms with Gasteiger partial charge in [0.05, 0.1) is 7.11 Å². The summed E-state index contributed by atoms with van der Waals surface area (Å²) in [6.07, 6.45) is 6.86. The lowest BCUT2D eigenvalue weighted by atomic mass is 9.62. The predicted octanol–water partition coefficient (Wildman–Crippen LogP) is 3.05. The number of likely N-dealkylation sites (tertiary alicyclic amines) is 1. The summed E-state index contributed by atoms with van der Waals surface area (Å²) >= 11 is 0. The van der Waals surface area contributed by atoms with Gasteiger partial charge in [0.15, 0.2) is 12.4 Å². The van der Waals surface area contributed by atoms with Gasteiger partial charge >= 0.3 is 0 Å². The van der Waals surface area contributed by atoms with Gasteiger partial charge in [-0.25, -0.2) is 4.98 Å². The molecule has 3 aromatic rings. The van der Waals surface area contributed by atoms with E-state index in [2.05, 4.69) is 15.2 Å². The molecule has 1 atom stereocenters. The monoisotopic (exact) mass is 419 g/mol. The van der Waals surface area contributed by atoms with Crippen LogP contribution in [0.15, 0.2) is 48.8 Å². The molecule has 0 bridgehead atoms. The summed E-state index contributed by atoms with van der Waals surface area (Å²) in [5.74, 6) is 3.09. The largest absolute Gasteiger partial charge is 0.497 e. The Morgan fingerprint density at radius 3 is 2.58 bits per heavy atom. The Balaban J connectivity index is 1.27. The molecule has 1 unspecified atom stereocenters. The van der Waals surface area contributed by atoms with Crippen LogP contribution in [0.25, 0.3) is 11.4 Å². The molecule has 0 radical (unpaired) electrons. The fourth-order valence-corrected chi connectivity index (χ4v) is 4.64. The van der Waals surface area contributed by atoms with E-state index in [1.165, 1.54) is 6.42 Å². The van der Waals surface area contributed by atoms with Crippen molar-refractivity contribution in [3.05, 3.63) is 54.6 Å². The molecule has 1 spiro atoms. The third kappa shape index (κ3) is 3.73. The second-order valence-electron chi connectivity index (χ2n) is 8.29. The van der Waals surface area contributed by atoms with Gasteiger partial charge in [-0.2, -0.15) is 5.10 Å². The number of aromatic amines is 1. The summed E-state index contributed by atoms with van der Waals surface area (Å²) in [5.41, 5.74) is 1.02. The Kier molecular flexibility index (Phi) is 5.05. The number of carbonyl (C=O) groups excluding carboxylic acids is 1. The van der Waals surface area contributed by atoms with Crippen molar-refractivity contribution >= 4 is 5.91 Å². The molecule has 160 valence electrons. The van der Waals surface area contributed by atoms with E-state index in [1.54, 1.807) is 19.5 Å². The average Bonchev–Trinajstić information content (AvgIpc) is 3.43. The van der Waals surface area contributed by atoms with E-state index in [0.717, 1.165) is 36.5 Å². The molecule has 8 nitrogen and oxygen atoms in total. The highest BCUT2D eigenvalue weighted by atomic mass is 16.5. The zero-order chi connectivity index (χ0) is 21.3. The van der Waals surface area contributed by atoms with E-state index in [9.17, 15) is 4.79 Å². The van der Waals surface area contributed by atoms with Crippen LogP contribution in [0.3, 0.4) is 0 Å². The number of methoxy groups -OCH3 is 1. The molecule has 5 rings (SSSR count). The Morgan fingerprint density at radius 1 is 1.16 bits per heavy atom. The van der Waals surface area contributed by atoms with Gasteiger partial charge < -0.3 is 14.4 Å². The average molecular weight is 419 g/mol. The lowest BCUT2D eigenvalue weighted by molar-refractivity contribution is -0.133. The Labute approximate surface area is 180 Å². The topological polar surface area (TPSA) is 93.2 Å². The van der Waals surface area contributed by atoms with Gasteiger partial charge in [0.25, 0.3) is 5.91 Å². The molecule has 1 amide bonds. The number of hydrogen-bond donors (Lipinski definition) is 1. The lowest BCUT2D eigenvalue weighted by Crippen LogP contribution is -2.39. The van der Waals surface area contributed by atoms with Crippen LogP contribution in [-0.2, 0) is 4.79 Å². The SMILES string of the molecule is COc1ccc(OCC(=O)N2CC(c3nc(-c4ccncc4)n[nH]3)C3(CCC3)C2)cc1. The first-order valence-electron chi connectivity index (χ1n) is 10.5.